The topological polar surface area (TPSA) is 0 Å². The van der Waals surface area contributed by atoms with E-state index in [-0.39, 0.29) is 7.25 Å². The van der Waals surface area contributed by atoms with Crippen LogP contribution in [0.3, 0.4) is 0 Å². The average Bonchev–Trinajstić information content (AvgIpc) is 3.36. The standard InChI is InChI=1S/2C13H15.C3H6.2ClH.Zr/c2*1-2-3-6-11-9-10-12-7-4-5-8-13(11)12;1-3-2;;;/h2*4-5,7-10H,2-3,6H2,1H3;1-2H3;2*1H;/q;;;;;+2/p-2. The molecule has 2 atom stereocenters. The van der Waals surface area contributed by atoms with Crippen LogP contribution in [0.5, 0.6) is 0 Å². The molecule has 0 saturated heterocycles. The summed E-state index contributed by atoms with van der Waals surface area (Å²) in [6, 6.07) is 17.7. The average molecular weight is 547 g/mol. The Labute approximate surface area is 202 Å². The monoisotopic (exact) mass is 544 g/mol. The fraction of sp³-hybridized carbons (Fsp3) is 0.414. The molecule has 3 heteroatoms. The Balaban J connectivity index is 1.92. The predicted molar refractivity (Wildman–Crippen MR) is 141 cm³/mol. The van der Waals surface area contributed by atoms with Crippen LogP contribution in [0, 0.1) is 0 Å². The first-order chi connectivity index (χ1) is 15.3. The first-order valence-corrected chi connectivity index (χ1v) is 22.7. The zero-order valence-corrected chi connectivity index (χ0v) is 23.9. The van der Waals surface area contributed by atoms with Gasteiger partial charge in [-0.05, 0) is 0 Å². The van der Waals surface area contributed by atoms with Crippen LogP contribution in [0.1, 0.15) is 95.7 Å². The van der Waals surface area contributed by atoms with Crippen LogP contribution in [0.4, 0.5) is 0 Å². The van der Waals surface area contributed by atoms with E-state index >= 15 is 0 Å². The Hall–Kier alpha value is -0.747. The number of benzene rings is 2. The molecule has 0 aliphatic heterocycles. The Morgan fingerprint density at radius 3 is 1.50 bits per heavy atom. The van der Waals surface area contributed by atoms with Gasteiger partial charge < -0.3 is 0 Å². The van der Waals surface area contributed by atoms with E-state index in [1.807, 2.05) is 0 Å². The molecule has 170 valence electrons. The molecular weight excluding hydrogens is 510 g/mol. The molecule has 0 heterocycles. The van der Waals surface area contributed by atoms with Crippen LogP contribution in [0.2, 0.25) is 0 Å². The number of hydrogen-bond donors (Lipinski definition) is 0. The quantitative estimate of drug-likeness (QED) is 0.309. The Morgan fingerprint density at radius 1 is 0.719 bits per heavy atom. The van der Waals surface area contributed by atoms with Crippen molar-refractivity contribution < 1.29 is 15.9 Å². The fourth-order valence-electron chi connectivity index (χ4n) is 5.74. The van der Waals surface area contributed by atoms with Crippen molar-refractivity contribution in [2.45, 2.75) is 73.5 Å². The molecule has 32 heavy (non-hydrogen) atoms. The van der Waals surface area contributed by atoms with E-state index in [4.69, 9.17) is 17.0 Å². The van der Waals surface area contributed by atoms with Gasteiger partial charge in [0.15, 0.2) is 0 Å². The van der Waals surface area contributed by atoms with Crippen LogP contribution < -0.4 is 0 Å². The summed E-state index contributed by atoms with van der Waals surface area (Å²) in [4.78, 5) is 0. The van der Waals surface area contributed by atoms with E-state index in [1.165, 1.54) is 62.3 Å². The summed E-state index contributed by atoms with van der Waals surface area (Å²) in [6.45, 7) is 8.92. The van der Waals surface area contributed by atoms with Crippen molar-refractivity contribution in [3.05, 3.63) is 82.9 Å². The summed E-state index contributed by atoms with van der Waals surface area (Å²) >= 11 is -4.60. The normalized spacial score (nSPS) is 20.0. The van der Waals surface area contributed by atoms with E-state index < -0.39 is 15.9 Å². The van der Waals surface area contributed by atoms with Gasteiger partial charge in [0, 0.05) is 0 Å². The molecule has 0 bridgehead atoms. The van der Waals surface area contributed by atoms with Gasteiger partial charge in [-0.2, -0.15) is 0 Å². The molecule has 0 fully saturated rings. The van der Waals surface area contributed by atoms with Gasteiger partial charge >= 0.3 is 204 Å². The van der Waals surface area contributed by atoms with E-state index in [0.29, 0.717) is 0 Å². The van der Waals surface area contributed by atoms with Gasteiger partial charge in [-0.1, -0.05) is 0 Å². The van der Waals surface area contributed by atoms with Crippen molar-refractivity contribution in [2.75, 3.05) is 0 Å². The van der Waals surface area contributed by atoms with Crippen molar-refractivity contribution >= 4 is 31.4 Å². The molecule has 2 aromatic carbocycles. The van der Waals surface area contributed by atoms with Crippen LogP contribution >= 0.6 is 17.0 Å². The number of allylic oxidation sites excluding steroid dienone is 4. The summed E-state index contributed by atoms with van der Waals surface area (Å²) in [6.07, 6.45) is 11.9. The summed E-state index contributed by atoms with van der Waals surface area (Å²) in [5, 5.41) is 0. The molecule has 2 aliphatic rings. The van der Waals surface area contributed by atoms with Crippen LogP contribution in [0.15, 0.2) is 60.7 Å². The van der Waals surface area contributed by atoms with Gasteiger partial charge in [0.05, 0.1) is 0 Å². The number of fused-ring (bicyclic) bond motifs is 2. The predicted octanol–water partition coefficient (Wildman–Crippen LogP) is 9.85. The third-order valence-corrected chi connectivity index (χ3v) is 30.4. The van der Waals surface area contributed by atoms with Gasteiger partial charge in [-0.3, -0.25) is 0 Å². The van der Waals surface area contributed by atoms with Crippen molar-refractivity contribution in [2.24, 2.45) is 0 Å². The molecule has 2 aliphatic carbocycles. The third-order valence-electron chi connectivity index (χ3n) is 7.71. The zero-order valence-electron chi connectivity index (χ0n) is 19.9. The van der Waals surface area contributed by atoms with Gasteiger partial charge in [0.2, 0.25) is 0 Å². The minimum absolute atomic E-state index is 0.118. The fourth-order valence-corrected chi connectivity index (χ4v) is 20.6. The Kier molecular flexibility index (Phi) is 7.22. The van der Waals surface area contributed by atoms with Gasteiger partial charge in [0.1, 0.15) is 0 Å². The van der Waals surface area contributed by atoms with Crippen LogP contribution in [0.25, 0.3) is 11.1 Å². The van der Waals surface area contributed by atoms with Crippen molar-refractivity contribution in [3.8, 4) is 0 Å². The Bertz CT molecular complexity index is 1060. The van der Waals surface area contributed by atoms with Crippen molar-refractivity contribution in [1.29, 1.82) is 0 Å². The van der Waals surface area contributed by atoms with Crippen LogP contribution in [-0.4, -0.2) is 3.21 Å². The SMILES string of the molecule is CCCCC1=C[CH]([Zr]([Cl])([Cl])(=[C](C)C)[CH]2C=C(CCCC)c3ccccc32)c2ccccc21. The maximum absolute atomic E-state index is 8.05. The molecule has 2 unspecified atom stereocenters. The number of rotatable bonds is 8. The van der Waals surface area contributed by atoms with Crippen molar-refractivity contribution in [1.82, 2.24) is 0 Å². The second-order valence-corrected chi connectivity index (χ2v) is 31.8. The third kappa shape index (κ3) is 3.91. The molecular formula is C29H36Cl2Zr. The van der Waals surface area contributed by atoms with E-state index in [2.05, 4.69) is 88.4 Å². The first-order valence-electron chi connectivity index (χ1n) is 12.3. The molecule has 0 N–H and O–H groups in total. The number of hydrogen-bond acceptors (Lipinski definition) is 0. The molecule has 0 nitrogen and oxygen atoms in total. The number of halogens is 2. The molecule has 0 spiro atoms. The molecule has 2 aromatic rings. The maximum atomic E-state index is 8.05. The molecule has 0 saturated carbocycles. The van der Waals surface area contributed by atoms with Gasteiger partial charge in [-0.15, -0.1) is 0 Å². The second kappa shape index (κ2) is 9.48. The van der Waals surface area contributed by atoms with Crippen LogP contribution in [-0.2, 0) is 15.9 Å². The minimum atomic E-state index is -4.60. The van der Waals surface area contributed by atoms with E-state index in [0.717, 1.165) is 12.8 Å². The second-order valence-electron chi connectivity index (χ2n) is 9.87. The van der Waals surface area contributed by atoms with Gasteiger partial charge in [0.25, 0.3) is 0 Å². The summed E-state index contributed by atoms with van der Waals surface area (Å²) in [5.41, 5.74) is 8.32. The Morgan fingerprint density at radius 2 is 1.12 bits per heavy atom. The van der Waals surface area contributed by atoms with Gasteiger partial charge in [-0.25, -0.2) is 0 Å². The molecule has 4 rings (SSSR count). The number of unbranched alkanes of at least 4 members (excludes halogenated alkanes) is 2. The van der Waals surface area contributed by atoms with E-state index in [9.17, 15) is 0 Å². The summed E-state index contributed by atoms with van der Waals surface area (Å²) < 4.78 is 1.50. The van der Waals surface area contributed by atoms with Crippen molar-refractivity contribution in [3.63, 3.8) is 0 Å². The van der Waals surface area contributed by atoms with E-state index in [1.54, 1.807) is 0 Å². The molecule has 0 aromatic heterocycles. The first kappa shape index (κ1) is 24.4. The molecule has 0 radical (unpaired) electrons. The zero-order chi connectivity index (χ0) is 23.0. The molecule has 0 amide bonds. The summed E-state index contributed by atoms with van der Waals surface area (Å²) in [7, 11) is 16.1. The summed E-state index contributed by atoms with van der Waals surface area (Å²) in [5.74, 6) is 0.